The number of phosphoric ester groups is 1. The van der Waals surface area contributed by atoms with Crippen molar-refractivity contribution in [3.63, 3.8) is 0 Å². The van der Waals surface area contributed by atoms with Crippen molar-refractivity contribution in [2.75, 3.05) is 19.8 Å². The number of carbonyl (C=O) groups excluding carboxylic acids is 1. The maximum Gasteiger partial charge on any atom is 0.472 e. The summed E-state index contributed by atoms with van der Waals surface area (Å²) in [4.78, 5) is 22.8. The lowest BCUT2D eigenvalue weighted by Crippen LogP contribution is -2.47. The molecular formula is C45H89N2O7P. The largest absolute Gasteiger partial charge is 0.472 e. The summed E-state index contributed by atoms with van der Waals surface area (Å²) >= 11 is 0. The number of hydrogen-bond acceptors (Lipinski definition) is 7. The molecule has 0 fully saturated rings. The smallest absolute Gasteiger partial charge is 0.393 e. The van der Waals surface area contributed by atoms with Crippen LogP contribution in [0.4, 0.5) is 0 Å². The molecule has 0 saturated heterocycles. The Balaban J connectivity index is 4.19. The van der Waals surface area contributed by atoms with Crippen LogP contribution in [0, 0.1) is 0 Å². The van der Waals surface area contributed by atoms with Gasteiger partial charge in [-0.25, -0.2) is 4.57 Å². The van der Waals surface area contributed by atoms with Gasteiger partial charge in [0.05, 0.1) is 37.9 Å². The van der Waals surface area contributed by atoms with E-state index in [1.54, 1.807) is 0 Å². The van der Waals surface area contributed by atoms with Crippen molar-refractivity contribution in [3.8, 4) is 0 Å². The molecule has 1 amide bonds. The van der Waals surface area contributed by atoms with E-state index in [4.69, 9.17) is 14.8 Å². The molecule has 0 aliphatic heterocycles. The van der Waals surface area contributed by atoms with Crippen LogP contribution in [0.15, 0.2) is 24.3 Å². The van der Waals surface area contributed by atoms with Crippen LogP contribution >= 0.6 is 7.82 Å². The Morgan fingerprint density at radius 2 is 1.04 bits per heavy atom. The highest BCUT2D eigenvalue weighted by atomic mass is 31.2. The van der Waals surface area contributed by atoms with Gasteiger partial charge in [-0.15, -0.1) is 0 Å². The highest BCUT2D eigenvalue weighted by Gasteiger charge is 2.28. The second-order valence-electron chi connectivity index (χ2n) is 15.8. The molecule has 9 nitrogen and oxygen atoms in total. The third-order valence-electron chi connectivity index (χ3n) is 10.4. The molecule has 0 aliphatic carbocycles. The molecule has 0 heterocycles. The third kappa shape index (κ3) is 39.5. The highest BCUT2D eigenvalue weighted by molar-refractivity contribution is 7.47. The van der Waals surface area contributed by atoms with E-state index in [-0.39, 0.29) is 26.2 Å². The Morgan fingerprint density at radius 1 is 0.618 bits per heavy atom. The van der Waals surface area contributed by atoms with E-state index in [1.807, 2.05) is 0 Å². The Morgan fingerprint density at radius 3 is 1.49 bits per heavy atom. The predicted molar refractivity (Wildman–Crippen MR) is 232 cm³/mol. The lowest BCUT2D eigenvalue weighted by atomic mass is 10.0. The minimum absolute atomic E-state index is 0.0580. The summed E-state index contributed by atoms with van der Waals surface area (Å²) in [6.07, 6.45) is 43.7. The fourth-order valence-corrected chi connectivity index (χ4v) is 7.62. The molecule has 0 aromatic heterocycles. The molecule has 0 spiro atoms. The second kappa shape index (κ2) is 41.1. The molecule has 0 saturated carbocycles. The summed E-state index contributed by atoms with van der Waals surface area (Å²) in [7, 11) is -4.38. The van der Waals surface area contributed by atoms with Gasteiger partial charge in [0.15, 0.2) is 0 Å². The van der Waals surface area contributed by atoms with Crippen LogP contribution in [0.3, 0.4) is 0 Å². The van der Waals surface area contributed by atoms with E-state index in [2.05, 4.69) is 43.5 Å². The number of phosphoric acid groups is 1. The minimum Gasteiger partial charge on any atom is -0.393 e. The Kier molecular flexibility index (Phi) is 40.3. The lowest BCUT2D eigenvalue weighted by molar-refractivity contribution is -0.125. The van der Waals surface area contributed by atoms with Crippen molar-refractivity contribution >= 4 is 13.7 Å². The number of carbonyl (C=O) groups is 1. The number of allylic oxidation sites excluding steroid dienone is 4. The van der Waals surface area contributed by atoms with Crippen LogP contribution in [0.5, 0.6) is 0 Å². The van der Waals surface area contributed by atoms with Gasteiger partial charge in [0.1, 0.15) is 0 Å². The monoisotopic (exact) mass is 801 g/mol. The summed E-state index contributed by atoms with van der Waals surface area (Å²) in [6, 6.07) is -0.899. The van der Waals surface area contributed by atoms with E-state index in [0.29, 0.717) is 12.8 Å². The van der Waals surface area contributed by atoms with Gasteiger partial charge < -0.3 is 26.2 Å². The topological polar surface area (TPSA) is 151 Å². The molecule has 10 heteroatoms. The summed E-state index contributed by atoms with van der Waals surface area (Å²) in [5.74, 6) is -0.421. The normalized spacial score (nSPS) is 14.8. The first-order valence-corrected chi connectivity index (χ1v) is 24.5. The summed E-state index contributed by atoms with van der Waals surface area (Å²) < 4.78 is 22.1. The van der Waals surface area contributed by atoms with Crippen LogP contribution in [0.1, 0.15) is 219 Å². The lowest BCUT2D eigenvalue weighted by Gasteiger charge is -2.25. The first-order chi connectivity index (χ1) is 26.8. The average molecular weight is 801 g/mol. The number of hydrogen-bond donors (Lipinski definition) is 5. The zero-order valence-electron chi connectivity index (χ0n) is 35.8. The first-order valence-electron chi connectivity index (χ1n) is 23.0. The van der Waals surface area contributed by atoms with Gasteiger partial charge in [0, 0.05) is 6.54 Å². The number of aliphatic hydroxyl groups excluding tert-OH is 2. The standard InChI is InChI=1S/C45H89N2O7P/c1-3-5-7-9-11-13-15-17-18-19-20-21-22-23-24-25-26-28-30-32-34-36-42(48)40-45(50)47-43(41-54-55(51,52)53-39-38-46)44(49)37-35-33-31-29-27-16-14-12-10-8-6-4-2/h20-21,23-24,42-44,48-49H,3-19,22,25-41,46H2,1-2H3,(H,47,50)(H,51,52)/b21-20-,24-23-. The van der Waals surface area contributed by atoms with Gasteiger partial charge in [0.2, 0.25) is 5.91 Å². The maximum absolute atomic E-state index is 12.8. The van der Waals surface area contributed by atoms with E-state index in [0.717, 1.165) is 64.2 Å². The quantitative estimate of drug-likeness (QED) is 0.0232. The molecule has 4 unspecified atom stereocenters. The van der Waals surface area contributed by atoms with Crippen molar-refractivity contribution < 1.29 is 33.5 Å². The molecule has 326 valence electrons. The van der Waals surface area contributed by atoms with Crippen molar-refractivity contribution in [1.82, 2.24) is 5.32 Å². The Bertz CT molecular complexity index is 935. The molecule has 0 bridgehead atoms. The van der Waals surface area contributed by atoms with E-state index in [9.17, 15) is 24.5 Å². The van der Waals surface area contributed by atoms with Crippen LogP contribution in [-0.4, -0.2) is 59.0 Å². The Hall–Kier alpha value is -1.06. The fourth-order valence-electron chi connectivity index (χ4n) is 6.86. The van der Waals surface area contributed by atoms with Gasteiger partial charge in [-0.2, -0.15) is 0 Å². The number of aliphatic hydroxyl groups is 2. The van der Waals surface area contributed by atoms with Gasteiger partial charge in [-0.1, -0.05) is 192 Å². The molecular weight excluding hydrogens is 711 g/mol. The van der Waals surface area contributed by atoms with Crippen LogP contribution in [-0.2, 0) is 18.4 Å². The van der Waals surface area contributed by atoms with Crippen LogP contribution < -0.4 is 11.1 Å². The third-order valence-corrected chi connectivity index (χ3v) is 11.3. The zero-order chi connectivity index (χ0) is 40.5. The van der Waals surface area contributed by atoms with E-state index in [1.165, 1.54) is 122 Å². The van der Waals surface area contributed by atoms with Gasteiger partial charge in [-0.3, -0.25) is 13.8 Å². The summed E-state index contributed by atoms with van der Waals surface area (Å²) in [5, 5.41) is 24.2. The van der Waals surface area contributed by atoms with Crippen molar-refractivity contribution in [1.29, 1.82) is 0 Å². The predicted octanol–water partition coefficient (Wildman–Crippen LogP) is 11.9. The molecule has 6 N–H and O–H groups in total. The van der Waals surface area contributed by atoms with Crippen molar-refractivity contribution in [3.05, 3.63) is 24.3 Å². The van der Waals surface area contributed by atoms with Crippen LogP contribution in [0.2, 0.25) is 0 Å². The second-order valence-corrected chi connectivity index (χ2v) is 17.3. The van der Waals surface area contributed by atoms with E-state index < -0.39 is 32.0 Å². The molecule has 55 heavy (non-hydrogen) atoms. The molecule has 0 aromatic carbocycles. The number of rotatable bonds is 43. The van der Waals surface area contributed by atoms with Crippen LogP contribution in [0.25, 0.3) is 0 Å². The fraction of sp³-hybridized carbons (Fsp3) is 0.889. The van der Waals surface area contributed by atoms with Gasteiger partial charge in [0.25, 0.3) is 0 Å². The Labute approximate surface area is 339 Å². The molecule has 0 radical (unpaired) electrons. The maximum atomic E-state index is 12.8. The van der Waals surface area contributed by atoms with Crippen molar-refractivity contribution in [2.45, 2.75) is 238 Å². The molecule has 0 aliphatic rings. The number of nitrogens with two attached hydrogens (primary N) is 1. The SMILES string of the molecule is CCCCCCCCCCC/C=C\C/C=C\CCCCCCCC(O)CC(=O)NC(COP(=O)(O)OCCN)C(O)CCCCCCCCCCCCCC. The van der Waals surface area contributed by atoms with Gasteiger partial charge >= 0.3 is 7.82 Å². The zero-order valence-corrected chi connectivity index (χ0v) is 36.7. The van der Waals surface area contributed by atoms with Crippen molar-refractivity contribution in [2.24, 2.45) is 5.73 Å². The number of unbranched alkanes of at least 4 members (excludes halogenated alkanes) is 25. The number of amides is 1. The average Bonchev–Trinajstić information content (AvgIpc) is 3.16. The number of nitrogens with one attached hydrogen (secondary N) is 1. The molecule has 0 aromatic rings. The summed E-state index contributed by atoms with van der Waals surface area (Å²) in [5.41, 5.74) is 5.37. The molecule has 0 rings (SSSR count). The first kappa shape index (κ1) is 53.9. The minimum atomic E-state index is -4.38. The van der Waals surface area contributed by atoms with Gasteiger partial charge in [-0.05, 0) is 44.9 Å². The highest BCUT2D eigenvalue weighted by Crippen LogP contribution is 2.43. The molecule has 4 atom stereocenters. The summed E-state index contributed by atoms with van der Waals surface area (Å²) in [6.45, 7) is 4.04. The van der Waals surface area contributed by atoms with E-state index >= 15 is 0 Å².